The number of ether oxygens (including phenoxy) is 1. The van der Waals surface area contributed by atoms with Gasteiger partial charge in [0.2, 0.25) is 5.95 Å². The molecule has 0 atom stereocenters. The van der Waals surface area contributed by atoms with Gasteiger partial charge in [-0.3, -0.25) is 9.25 Å². The summed E-state index contributed by atoms with van der Waals surface area (Å²) in [5.41, 5.74) is -1.32. The highest BCUT2D eigenvalue weighted by atomic mass is 19.2. The Labute approximate surface area is 189 Å². The fourth-order valence-electron chi connectivity index (χ4n) is 3.19. The first-order valence-electron chi connectivity index (χ1n) is 9.86. The molecular weight excluding hydrogens is 455 g/mol. The molecule has 2 aromatic heterocycles. The first kappa shape index (κ1) is 22.8. The molecule has 34 heavy (non-hydrogen) atoms. The number of nitrogens with one attached hydrogen (secondary N) is 1. The summed E-state index contributed by atoms with van der Waals surface area (Å²) in [6.45, 7) is -0.686. The van der Waals surface area contributed by atoms with Crippen LogP contribution in [0.25, 0.3) is 0 Å². The third kappa shape index (κ3) is 4.67. The second-order valence-corrected chi connectivity index (χ2v) is 7.23. The van der Waals surface area contributed by atoms with E-state index >= 15 is 0 Å². The normalized spacial score (nSPS) is 11.0. The third-order valence-electron chi connectivity index (χ3n) is 4.83. The first-order valence-corrected chi connectivity index (χ1v) is 9.86. The Kier molecular flexibility index (Phi) is 6.17. The Morgan fingerprint density at radius 1 is 1.00 bits per heavy atom. The van der Waals surface area contributed by atoms with Gasteiger partial charge < -0.3 is 10.1 Å². The van der Waals surface area contributed by atoms with Crippen molar-refractivity contribution in [3.05, 3.63) is 92.5 Å². The van der Waals surface area contributed by atoms with Gasteiger partial charge in [-0.25, -0.2) is 32.3 Å². The number of halogens is 3. The minimum atomic E-state index is -1.63. The van der Waals surface area contributed by atoms with Crippen LogP contribution in [-0.4, -0.2) is 36.0 Å². The summed E-state index contributed by atoms with van der Waals surface area (Å²) in [7, 11) is 3.12. The van der Waals surface area contributed by atoms with Gasteiger partial charge in [-0.2, -0.15) is 10.1 Å². The molecule has 0 unspecified atom stereocenters. The van der Waals surface area contributed by atoms with E-state index in [1.165, 1.54) is 18.1 Å². The van der Waals surface area contributed by atoms with E-state index < -0.39 is 35.4 Å². The number of nitrogens with zero attached hydrogens (tertiary/aromatic N) is 6. The molecule has 176 valence electrons. The molecule has 0 saturated carbocycles. The first-order chi connectivity index (χ1) is 16.2. The van der Waals surface area contributed by atoms with E-state index in [1.807, 2.05) is 0 Å². The molecule has 2 aromatic carbocycles. The minimum absolute atomic E-state index is 0.0563. The predicted molar refractivity (Wildman–Crippen MR) is 115 cm³/mol. The number of rotatable bonds is 7. The largest absolute Gasteiger partial charge is 0.497 e. The van der Waals surface area contributed by atoms with Crippen molar-refractivity contribution in [3.8, 4) is 5.75 Å². The Morgan fingerprint density at radius 2 is 1.68 bits per heavy atom. The lowest BCUT2D eigenvalue weighted by Crippen LogP contribution is -2.43. The Hall–Kier alpha value is -4.42. The van der Waals surface area contributed by atoms with Crippen LogP contribution < -0.4 is 21.4 Å². The molecule has 0 aliphatic rings. The predicted octanol–water partition coefficient (Wildman–Crippen LogP) is 1.80. The topological polar surface area (TPSA) is 109 Å². The van der Waals surface area contributed by atoms with Crippen LogP contribution in [0.3, 0.4) is 0 Å². The van der Waals surface area contributed by atoms with Gasteiger partial charge in [0.05, 0.1) is 20.2 Å². The van der Waals surface area contributed by atoms with Crippen LogP contribution in [0.5, 0.6) is 5.75 Å². The van der Waals surface area contributed by atoms with Crippen LogP contribution in [0.15, 0.2) is 52.3 Å². The van der Waals surface area contributed by atoms with Crippen LogP contribution in [0.1, 0.15) is 11.4 Å². The van der Waals surface area contributed by atoms with Gasteiger partial charge in [0.25, 0.3) is 0 Å². The smallest absolute Gasteiger partial charge is 0.355 e. The minimum Gasteiger partial charge on any atom is -0.497 e. The molecule has 0 amide bonds. The summed E-state index contributed by atoms with van der Waals surface area (Å²) in [4.78, 5) is 33.9. The number of benzene rings is 2. The Balaban J connectivity index is 1.80. The summed E-state index contributed by atoms with van der Waals surface area (Å²) in [5, 5.41) is 6.89. The van der Waals surface area contributed by atoms with Gasteiger partial charge in [0, 0.05) is 12.7 Å². The summed E-state index contributed by atoms with van der Waals surface area (Å²) < 4.78 is 49.2. The van der Waals surface area contributed by atoms with E-state index in [0.29, 0.717) is 11.4 Å². The zero-order chi connectivity index (χ0) is 24.4. The summed E-state index contributed by atoms with van der Waals surface area (Å²) in [6.07, 6.45) is 1.40. The fourth-order valence-corrected chi connectivity index (χ4v) is 3.19. The van der Waals surface area contributed by atoms with Crippen molar-refractivity contribution in [2.45, 2.75) is 13.1 Å². The molecule has 4 rings (SSSR count). The number of aryl methyl sites for hydroxylation is 1. The molecular formula is C21H18F3N7O3. The van der Waals surface area contributed by atoms with Gasteiger partial charge >= 0.3 is 11.4 Å². The maximum atomic E-state index is 13.8. The molecule has 0 bridgehead atoms. The lowest BCUT2D eigenvalue weighted by Gasteiger charge is -2.15. The monoisotopic (exact) mass is 473 g/mol. The molecule has 13 heteroatoms. The van der Waals surface area contributed by atoms with Crippen molar-refractivity contribution in [2.24, 2.45) is 7.05 Å². The molecule has 0 aliphatic carbocycles. The Morgan fingerprint density at radius 3 is 2.26 bits per heavy atom. The molecule has 0 saturated heterocycles. The summed E-state index contributed by atoms with van der Waals surface area (Å²) in [6, 6.07) is 8.05. The van der Waals surface area contributed by atoms with Crippen LogP contribution in [0, 0.1) is 17.5 Å². The van der Waals surface area contributed by atoms with E-state index in [9.17, 15) is 22.8 Å². The molecule has 2 heterocycles. The van der Waals surface area contributed by atoms with E-state index in [-0.39, 0.29) is 23.9 Å². The third-order valence-corrected chi connectivity index (χ3v) is 4.83. The second kappa shape index (κ2) is 9.21. The highest BCUT2D eigenvalue weighted by Gasteiger charge is 2.18. The number of methoxy groups -OCH3 is 1. The van der Waals surface area contributed by atoms with Gasteiger partial charge in [-0.05, 0) is 42.0 Å². The van der Waals surface area contributed by atoms with E-state index in [0.717, 1.165) is 21.3 Å². The van der Waals surface area contributed by atoms with Crippen LogP contribution in [0.4, 0.5) is 24.8 Å². The van der Waals surface area contributed by atoms with Crippen LogP contribution in [0.2, 0.25) is 0 Å². The highest BCUT2D eigenvalue weighted by Crippen LogP contribution is 2.19. The van der Waals surface area contributed by atoms with Crippen LogP contribution >= 0.6 is 0 Å². The molecule has 4 aromatic rings. The fraction of sp³-hybridized carbons (Fsp3) is 0.190. The van der Waals surface area contributed by atoms with E-state index in [1.54, 1.807) is 31.3 Å². The highest BCUT2D eigenvalue weighted by molar-refractivity contribution is 5.54. The lowest BCUT2D eigenvalue weighted by molar-refractivity contribution is 0.415. The maximum Gasteiger partial charge on any atom is 0.355 e. The molecule has 0 fully saturated rings. The van der Waals surface area contributed by atoms with Crippen molar-refractivity contribution in [2.75, 3.05) is 12.4 Å². The number of aromatic nitrogens is 6. The molecule has 0 aliphatic heterocycles. The summed E-state index contributed by atoms with van der Waals surface area (Å²) in [5.74, 6) is -3.87. The quantitative estimate of drug-likeness (QED) is 0.408. The van der Waals surface area contributed by atoms with Crippen molar-refractivity contribution >= 4 is 11.6 Å². The summed E-state index contributed by atoms with van der Waals surface area (Å²) >= 11 is 0. The van der Waals surface area contributed by atoms with Gasteiger partial charge in [-0.1, -0.05) is 0 Å². The average Bonchev–Trinajstić information content (AvgIpc) is 3.22. The second-order valence-electron chi connectivity index (χ2n) is 7.23. The van der Waals surface area contributed by atoms with Crippen LogP contribution in [-0.2, 0) is 20.1 Å². The number of hydrogen-bond donors (Lipinski definition) is 1. The van der Waals surface area contributed by atoms with Crippen molar-refractivity contribution < 1.29 is 17.9 Å². The zero-order valence-electron chi connectivity index (χ0n) is 18.0. The van der Waals surface area contributed by atoms with Gasteiger partial charge in [0.1, 0.15) is 12.1 Å². The Bertz CT molecular complexity index is 1440. The number of hydrogen-bond acceptors (Lipinski definition) is 7. The average molecular weight is 473 g/mol. The molecule has 0 spiro atoms. The maximum absolute atomic E-state index is 13.8. The van der Waals surface area contributed by atoms with Crippen molar-refractivity contribution in [3.63, 3.8) is 0 Å². The lowest BCUT2D eigenvalue weighted by atomic mass is 10.2. The van der Waals surface area contributed by atoms with E-state index in [2.05, 4.69) is 20.4 Å². The number of anilines is 2. The van der Waals surface area contributed by atoms with E-state index in [4.69, 9.17) is 4.74 Å². The molecule has 10 nitrogen and oxygen atoms in total. The van der Waals surface area contributed by atoms with Gasteiger partial charge in [-0.15, -0.1) is 0 Å². The van der Waals surface area contributed by atoms with Gasteiger partial charge in [0.15, 0.2) is 23.3 Å². The zero-order valence-corrected chi connectivity index (χ0v) is 18.0. The molecule has 0 radical (unpaired) electrons. The molecule has 1 N–H and O–H groups in total. The van der Waals surface area contributed by atoms with Crippen molar-refractivity contribution in [1.82, 2.24) is 28.9 Å². The van der Waals surface area contributed by atoms with Crippen molar-refractivity contribution in [1.29, 1.82) is 0 Å². The standard InChI is InChI=1S/C21H18F3N7O3/c1-29-11-25-17(28-29)10-31-20(32)27-19(26-13-3-5-14(34-2)6-4-13)30(21(31)33)9-12-7-15(22)18(24)16(23)8-12/h3-8,11H,9-10H2,1-2H3,(H,26,27,32). The SMILES string of the molecule is COc1ccc(Nc2nc(=O)n(Cc3ncn(C)n3)c(=O)n2Cc2cc(F)c(F)c(F)c2)cc1.